The molecule has 0 radical (unpaired) electrons. The molecule has 112 valence electrons. The summed E-state index contributed by atoms with van der Waals surface area (Å²) in [6.45, 7) is 5.73. The van der Waals surface area contributed by atoms with Gasteiger partial charge in [-0.05, 0) is 12.8 Å². The zero-order chi connectivity index (χ0) is 15.3. The Labute approximate surface area is 117 Å². The van der Waals surface area contributed by atoms with Gasteiger partial charge in [0.25, 0.3) is 0 Å². The van der Waals surface area contributed by atoms with Gasteiger partial charge in [-0.3, -0.25) is 4.79 Å². The first-order chi connectivity index (χ1) is 9.29. The van der Waals surface area contributed by atoms with Crippen molar-refractivity contribution in [2.24, 2.45) is 11.7 Å². The molecule has 3 N–H and O–H groups in total. The van der Waals surface area contributed by atoms with Crippen LogP contribution in [0.2, 0.25) is 0 Å². The highest BCUT2D eigenvalue weighted by atomic mass is 16.5. The van der Waals surface area contributed by atoms with E-state index in [0.29, 0.717) is 24.1 Å². The lowest BCUT2D eigenvalue weighted by Crippen LogP contribution is -2.41. The number of carbonyl (C=O) groups excluding carboxylic acids is 2. The summed E-state index contributed by atoms with van der Waals surface area (Å²) in [6, 6.07) is -1.08. The molecule has 1 rings (SSSR count). The van der Waals surface area contributed by atoms with Crippen LogP contribution in [0.3, 0.4) is 0 Å². The Balaban J connectivity index is 2.53. The first-order valence-electron chi connectivity index (χ1n) is 6.42. The van der Waals surface area contributed by atoms with Gasteiger partial charge < -0.3 is 20.5 Å². The minimum Gasteiger partial charge on any atom is -0.351 e. The van der Waals surface area contributed by atoms with Gasteiger partial charge in [-0.15, -0.1) is 0 Å². The fourth-order valence-corrected chi connectivity index (χ4v) is 1.53. The molecule has 0 aliphatic carbocycles. The van der Waals surface area contributed by atoms with Gasteiger partial charge in [0.2, 0.25) is 11.8 Å². The van der Waals surface area contributed by atoms with Crippen LogP contribution >= 0.6 is 0 Å². The Hall–Kier alpha value is -2.12. The second kappa shape index (κ2) is 6.88. The van der Waals surface area contributed by atoms with Gasteiger partial charge >= 0.3 is 6.03 Å². The first-order valence-corrected chi connectivity index (χ1v) is 6.42. The van der Waals surface area contributed by atoms with Crippen LogP contribution in [0.15, 0.2) is 4.52 Å². The molecule has 1 unspecified atom stereocenters. The summed E-state index contributed by atoms with van der Waals surface area (Å²) >= 11 is 0. The van der Waals surface area contributed by atoms with E-state index in [9.17, 15) is 9.59 Å². The fourth-order valence-electron chi connectivity index (χ4n) is 1.53. The number of urea groups is 1. The molecule has 0 saturated carbocycles. The number of amides is 3. The summed E-state index contributed by atoms with van der Waals surface area (Å²) in [4.78, 5) is 27.8. The van der Waals surface area contributed by atoms with Crippen molar-refractivity contribution >= 4 is 11.9 Å². The molecule has 8 nitrogen and oxygen atoms in total. The zero-order valence-electron chi connectivity index (χ0n) is 12.2. The summed E-state index contributed by atoms with van der Waals surface area (Å²) < 4.78 is 5.10. The van der Waals surface area contributed by atoms with E-state index in [-0.39, 0.29) is 12.5 Å². The highest BCUT2D eigenvalue weighted by molar-refractivity contribution is 5.83. The summed E-state index contributed by atoms with van der Waals surface area (Å²) in [5.74, 6) is 1.04. The van der Waals surface area contributed by atoms with E-state index in [2.05, 4.69) is 29.3 Å². The average Bonchev–Trinajstić information content (AvgIpc) is 2.76. The standard InChI is InChI=1S/C12H21N5O3/c1-7(2)5-9-15-11(20-16-9)8(3)14-10(18)6-17(4)12(13)19/h7-8H,5-6H2,1-4H3,(H2,13,19)(H,14,18). The lowest BCUT2D eigenvalue weighted by atomic mass is 10.1. The van der Waals surface area contributed by atoms with Crippen molar-refractivity contribution < 1.29 is 14.1 Å². The lowest BCUT2D eigenvalue weighted by Gasteiger charge is -2.15. The minimum absolute atomic E-state index is 0.118. The van der Waals surface area contributed by atoms with Crippen LogP contribution in [0.4, 0.5) is 4.79 Å². The zero-order valence-corrected chi connectivity index (χ0v) is 12.2. The molecule has 20 heavy (non-hydrogen) atoms. The van der Waals surface area contributed by atoms with Crippen LogP contribution in [0, 0.1) is 5.92 Å². The van der Waals surface area contributed by atoms with Crippen molar-refractivity contribution in [3.8, 4) is 0 Å². The number of hydrogen-bond donors (Lipinski definition) is 2. The monoisotopic (exact) mass is 283 g/mol. The molecule has 1 atom stereocenters. The second-order valence-corrected chi connectivity index (χ2v) is 5.13. The molecule has 1 aromatic heterocycles. The van der Waals surface area contributed by atoms with E-state index in [0.717, 1.165) is 4.90 Å². The van der Waals surface area contributed by atoms with E-state index in [1.807, 2.05) is 0 Å². The molecule has 0 fully saturated rings. The highest BCUT2D eigenvalue weighted by Gasteiger charge is 2.18. The van der Waals surface area contributed by atoms with Crippen LogP contribution in [0.5, 0.6) is 0 Å². The van der Waals surface area contributed by atoms with Crippen LogP contribution in [-0.4, -0.2) is 40.6 Å². The van der Waals surface area contributed by atoms with Gasteiger partial charge in [0, 0.05) is 13.5 Å². The molecule has 0 bridgehead atoms. The number of nitrogens with one attached hydrogen (secondary N) is 1. The SMILES string of the molecule is CC(C)Cc1noc(C(C)NC(=O)CN(C)C(N)=O)n1. The molecule has 0 aliphatic rings. The predicted octanol–water partition coefficient (Wildman–Crippen LogP) is 0.456. The number of carbonyl (C=O) groups is 2. The maximum absolute atomic E-state index is 11.7. The average molecular weight is 283 g/mol. The Morgan fingerprint density at radius 2 is 2.05 bits per heavy atom. The summed E-state index contributed by atoms with van der Waals surface area (Å²) in [6.07, 6.45) is 0.717. The predicted molar refractivity (Wildman–Crippen MR) is 71.6 cm³/mol. The largest absolute Gasteiger partial charge is 0.351 e. The van der Waals surface area contributed by atoms with Crippen molar-refractivity contribution in [1.29, 1.82) is 0 Å². The number of primary amides is 1. The number of nitrogens with zero attached hydrogens (tertiary/aromatic N) is 3. The van der Waals surface area contributed by atoms with Crippen LogP contribution in [0.1, 0.15) is 38.5 Å². The topological polar surface area (TPSA) is 114 Å². The van der Waals surface area contributed by atoms with E-state index in [4.69, 9.17) is 10.3 Å². The third kappa shape index (κ3) is 4.87. The second-order valence-electron chi connectivity index (χ2n) is 5.13. The molecule has 8 heteroatoms. The van der Waals surface area contributed by atoms with E-state index < -0.39 is 12.1 Å². The summed E-state index contributed by atoms with van der Waals surface area (Å²) in [5, 5.41) is 6.52. The molecular formula is C12H21N5O3. The molecule has 0 spiro atoms. The molecular weight excluding hydrogens is 262 g/mol. The Morgan fingerprint density at radius 3 is 2.60 bits per heavy atom. The van der Waals surface area contributed by atoms with Crippen molar-refractivity contribution in [3.63, 3.8) is 0 Å². The van der Waals surface area contributed by atoms with Crippen LogP contribution < -0.4 is 11.1 Å². The van der Waals surface area contributed by atoms with Crippen molar-refractivity contribution in [2.45, 2.75) is 33.2 Å². The molecule has 1 aromatic rings. The normalized spacial score (nSPS) is 12.2. The van der Waals surface area contributed by atoms with Gasteiger partial charge in [0.15, 0.2) is 5.82 Å². The maximum atomic E-state index is 11.7. The van der Waals surface area contributed by atoms with Crippen molar-refractivity contribution in [1.82, 2.24) is 20.4 Å². The molecule has 0 aliphatic heterocycles. The Bertz CT molecular complexity index is 471. The van der Waals surface area contributed by atoms with Crippen molar-refractivity contribution in [3.05, 3.63) is 11.7 Å². The van der Waals surface area contributed by atoms with E-state index in [1.54, 1.807) is 6.92 Å². The molecule has 0 saturated heterocycles. The van der Waals surface area contributed by atoms with Crippen LogP contribution in [0.25, 0.3) is 0 Å². The number of nitrogens with two attached hydrogens (primary N) is 1. The Morgan fingerprint density at radius 1 is 1.40 bits per heavy atom. The third-order valence-corrected chi connectivity index (χ3v) is 2.58. The van der Waals surface area contributed by atoms with Gasteiger partial charge in [-0.2, -0.15) is 4.98 Å². The van der Waals surface area contributed by atoms with Crippen LogP contribution in [-0.2, 0) is 11.2 Å². The smallest absolute Gasteiger partial charge is 0.314 e. The summed E-state index contributed by atoms with van der Waals surface area (Å²) in [7, 11) is 1.44. The number of aromatic nitrogens is 2. The molecule has 3 amide bonds. The maximum Gasteiger partial charge on any atom is 0.314 e. The highest BCUT2D eigenvalue weighted by Crippen LogP contribution is 2.11. The van der Waals surface area contributed by atoms with Crippen molar-refractivity contribution in [2.75, 3.05) is 13.6 Å². The van der Waals surface area contributed by atoms with Gasteiger partial charge in [-0.25, -0.2) is 4.79 Å². The lowest BCUT2D eigenvalue weighted by molar-refractivity contribution is -0.122. The van der Waals surface area contributed by atoms with E-state index >= 15 is 0 Å². The van der Waals surface area contributed by atoms with Gasteiger partial charge in [0.1, 0.15) is 12.6 Å². The van der Waals surface area contributed by atoms with Gasteiger partial charge in [0.05, 0.1) is 0 Å². The van der Waals surface area contributed by atoms with Gasteiger partial charge in [-0.1, -0.05) is 19.0 Å². The number of rotatable bonds is 6. The fraction of sp³-hybridized carbons (Fsp3) is 0.667. The van der Waals surface area contributed by atoms with E-state index in [1.165, 1.54) is 7.05 Å². The Kier molecular flexibility index (Phi) is 5.48. The minimum atomic E-state index is -0.662. The summed E-state index contributed by atoms with van der Waals surface area (Å²) in [5.41, 5.74) is 5.04. The quantitative estimate of drug-likeness (QED) is 0.787. The molecule has 1 heterocycles. The first kappa shape index (κ1) is 15.9. The third-order valence-electron chi connectivity index (χ3n) is 2.58. The number of hydrogen-bond acceptors (Lipinski definition) is 5. The molecule has 0 aromatic carbocycles. The number of likely N-dealkylation sites (N-methyl/N-ethyl adjacent to an activating group) is 1.